The summed E-state index contributed by atoms with van der Waals surface area (Å²) in [4.78, 5) is 55.7. The lowest BCUT2D eigenvalue weighted by molar-refractivity contribution is -0.142. The Hall–Kier alpha value is -3.66. The molecule has 0 heterocycles. The van der Waals surface area contributed by atoms with Gasteiger partial charge >= 0.3 is 5.97 Å². The summed E-state index contributed by atoms with van der Waals surface area (Å²) in [5, 5.41) is 25.7. The lowest BCUT2D eigenvalue weighted by atomic mass is 10.1. The number of rotatable bonds is 16. The number of aliphatic imine (C=N–C) groups is 2. The zero-order valence-electron chi connectivity index (χ0n) is 18.2. The van der Waals surface area contributed by atoms with Crippen LogP contribution in [0, 0.1) is 0 Å². The highest BCUT2D eigenvalue weighted by atomic mass is 16.4. The lowest BCUT2D eigenvalue weighted by Crippen LogP contribution is -2.57. The van der Waals surface area contributed by atoms with Crippen molar-refractivity contribution in [1.82, 2.24) is 16.0 Å². The molecule has 3 atom stereocenters. The molecule has 0 aliphatic rings. The number of carboxylic acid groups (broad SMARTS) is 1. The maximum atomic E-state index is 12.7. The Morgan fingerprint density at radius 1 is 0.758 bits per heavy atom. The second-order valence-corrected chi connectivity index (χ2v) is 6.87. The van der Waals surface area contributed by atoms with Crippen molar-refractivity contribution in [2.75, 3.05) is 26.2 Å². The summed E-state index contributed by atoms with van der Waals surface area (Å²) in [6, 6.07) is -3.83. The molecule has 0 radical (unpaired) electrons. The average molecular weight is 475 g/mol. The van der Waals surface area contributed by atoms with Crippen LogP contribution in [-0.4, -0.2) is 90.2 Å². The van der Waals surface area contributed by atoms with E-state index in [1.165, 1.54) is 0 Å². The Kier molecular flexibility index (Phi) is 14.3. The first-order valence-electron chi connectivity index (χ1n) is 10.1. The van der Waals surface area contributed by atoms with E-state index in [0.29, 0.717) is 0 Å². The second kappa shape index (κ2) is 16.0. The number of amides is 3. The van der Waals surface area contributed by atoms with Crippen molar-refractivity contribution in [3.05, 3.63) is 0 Å². The van der Waals surface area contributed by atoms with Crippen LogP contribution in [0.15, 0.2) is 9.98 Å². The van der Waals surface area contributed by atoms with Crippen molar-refractivity contribution in [1.29, 1.82) is 0 Å². The van der Waals surface area contributed by atoms with Crippen LogP contribution >= 0.6 is 0 Å². The van der Waals surface area contributed by atoms with Crippen LogP contribution in [0.4, 0.5) is 0 Å². The molecule has 0 aromatic heterocycles. The predicted molar refractivity (Wildman–Crippen MR) is 119 cm³/mol. The maximum absolute atomic E-state index is 12.7. The van der Waals surface area contributed by atoms with Crippen LogP contribution in [-0.2, 0) is 19.2 Å². The number of hydrogen-bond donors (Lipinski definition) is 10. The van der Waals surface area contributed by atoms with Gasteiger partial charge < -0.3 is 54.8 Å². The first-order chi connectivity index (χ1) is 15.5. The Morgan fingerprint density at radius 3 is 1.64 bits per heavy atom. The number of carbonyl (C=O) groups is 4. The van der Waals surface area contributed by atoms with Gasteiger partial charge in [-0.15, -0.1) is 0 Å². The van der Waals surface area contributed by atoms with Gasteiger partial charge in [-0.3, -0.25) is 24.4 Å². The fraction of sp³-hybridized carbons (Fsp3) is 0.647. The molecule has 0 aliphatic carbocycles. The number of nitrogens with one attached hydrogen (secondary N) is 3. The quantitative estimate of drug-likeness (QED) is 0.0571. The summed E-state index contributed by atoms with van der Waals surface area (Å²) < 4.78 is 0. The first-order valence-corrected chi connectivity index (χ1v) is 10.1. The van der Waals surface area contributed by atoms with Gasteiger partial charge in [-0.05, 0) is 25.7 Å². The SMILES string of the molecule is NCC(=O)NC(CO)C(=O)NC(CCCN=C(N)N)C(=O)NC(CCCN=C(N)N)C(=O)O. The van der Waals surface area contributed by atoms with Gasteiger partial charge in [0.1, 0.15) is 18.1 Å². The highest BCUT2D eigenvalue weighted by Crippen LogP contribution is 2.04. The highest BCUT2D eigenvalue weighted by Gasteiger charge is 2.28. The third kappa shape index (κ3) is 13.4. The minimum Gasteiger partial charge on any atom is -0.480 e. The topological polar surface area (TPSA) is 300 Å². The molecule has 16 nitrogen and oxygen atoms in total. The predicted octanol–water partition coefficient (Wildman–Crippen LogP) is -5.42. The Labute approximate surface area is 190 Å². The third-order valence-corrected chi connectivity index (χ3v) is 4.16. The molecule has 16 heteroatoms. The fourth-order valence-electron chi connectivity index (χ4n) is 2.53. The van der Waals surface area contributed by atoms with E-state index in [2.05, 4.69) is 25.9 Å². The van der Waals surface area contributed by atoms with Crippen molar-refractivity contribution >= 4 is 35.6 Å². The van der Waals surface area contributed by atoms with E-state index in [1.54, 1.807) is 0 Å². The lowest BCUT2D eigenvalue weighted by Gasteiger charge is -2.23. The largest absolute Gasteiger partial charge is 0.480 e. The van der Waals surface area contributed by atoms with Gasteiger partial charge in [0.25, 0.3) is 0 Å². The van der Waals surface area contributed by atoms with Gasteiger partial charge in [-0.2, -0.15) is 0 Å². The monoisotopic (exact) mass is 474 g/mol. The molecular weight excluding hydrogens is 440 g/mol. The average Bonchev–Trinajstić information content (AvgIpc) is 2.74. The van der Waals surface area contributed by atoms with E-state index in [1.807, 2.05) is 0 Å². The highest BCUT2D eigenvalue weighted by molar-refractivity contribution is 5.93. The second-order valence-electron chi connectivity index (χ2n) is 6.87. The number of aliphatic hydroxyl groups is 1. The third-order valence-electron chi connectivity index (χ3n) is 4.16. The number of nitrogens with zero attached hydrogens (tertiary/aromatic N) is 2. The van der Waals surface area contributed by atoms with Crippen molar-refractivity contribution in [2.24, 2.45) is 38.7 Å². The minimum absolute atomic E-state index is 0.0261. The fourth-order valence-corrected chi connectivity index (χ4v) is 2.53. The number of nitrogens with two attached hydrogens (primary N) is 5. The number of carbonyl (C=O) groups excluding carboxylic acids is 3. The Bertz CT molecular complexity index is 721. The van der Waals surface area contributed by atoms with Crippen LogP contribution < -0.4 is 44.6 Å². The summed E-state index contributed by atoms with van der Waals surface area (Å²) in [6.45, 7) is -0.843. The molecule has 0 rings (SSSR count). The Morgan fingerprint density at radius 2 is 1.21 bits per heavy atom. The molecule has 33 heavy (non-hydrogen) atoms. The van der Waals surface area contributed by atoms with Crippen LogP contribution in [0.3, 0.4) is 0 Å². The van der Waals surface area contributed by atoms with Gasteiger partial charge in [0.05, 0.1) is 13.2 Å². The maximum Gasteiger partial charge on any atom is 0.326 e. The minimum atomic E-state index is -1.36. The Balaban J connectivity index is 5.29. The van der Waals surface area contributed by atoms with E-state index in [9.17, 15) is 29.4 Å². The van der Waals surface area contributed by atoms with Crippen LogP contribution in [0.5, 0.6) is 0 Å². The zero-order chi connectivity index (χ0) is 25.4. The van der Waals surface area contributed by atoms with E-state index < -0.39 is 55.0 Å². The molecule has 3 amide bonds. The van der Waals surface area contributed by atoms with Gasteiger partial charge in [0.2, 0.25) is 17.7 Å². The molecule has 0 saturated carbocycles. The molecular formula is C17H34N10O6. The van der Waals surface area contributed by atoms with Crippen molar-refractivity contribution in [3.8, 4) is 0 Å². The van der Waals surface area contributed by atoms with E-state index in [4.69, 9.17) is 28.7 Å². The van der Waals surface area contributed by atoms with Crippen LogP contribution in [0.2, 0.25) is 0 Å². The number of carboxylic acids is 1. The summed E-state index contributed by atoms with van der Waals surface area (Å²) in [6.07, 6.45) is 0.599. The molecule has 0 aromatic rings. The number of hydrogen-bond acceptors (Lipinski definition) is 8. The molecule has 188 valence electrons. The number of guanidine groups is 2. The molecule has 0 spiro atoms. The van der Waals surface area contributed by atoms with E-state index in [0.717, 1.165) is 0 Å². The van der Waals surface area contributed by atoms with E-state index >= 15 is 0 Å². The number of aliphatic hydroxyl groups excluding tert-OH is 1. The van der Waals surface area contributed by atoms with Crippen molar-refractivity contribution < 1.29 is 29.4 Å². The smallest absolute Gasteiger partial charge is 0.326 e. The molecule has 0 aliphatic heterocycles. The molecule has 0 saturated heterocycles. The molecule has 0 fully saturated rings. The normalized spacial score (nSPS) is 13.0. The van der Waals surface area contributed by atoms with Gasteiger partial charge in [-0.1, -0.05) is 0 Å². The standard InChI is InChI=1S/C17H34N10O6/c18-7-12(29)25-11(8-28)14(31)26-9(3-1-5-23-16(19)20)13(30)27-10(15(32)33)4-2-6-24-17(21)22/h9-11,28H,1-8,18H2,(H,25,29)(H,26,31)(H,27,30)(H,32,33)(H4,19,20,23)(H4,21,22,24). The van der Waals surface area contributed by atoms with Gasteiger partial charge in [0, 0.05) is 13.1 Å². The molecule has 3 unspecified atom stereocenters. The first kappa shape index (κ1) is 29.3. The summed E-state index contributed by atoms with van der Waals surface area (Å²) in [7, 11) is 0. The molecule has 15 N–H and O–H groups in total. The molecule has 0 bridgehead atoms. The number of aliphatic carboxylic acids is 1. The van der Waals surface area contributed by atoms with E-state index in [-0.39, 0.29) is 50.7 Å². The van der Waals surface area contributed by atoms with Crippen molar-refractivity contribution in [2.45, 2.75) is 43.8 Å². The van der Waals surface area contributed by atoms with Crippen molar-refractivity contribution in [3.63, 3.8) is 0 Å². The van der Waals surface area contributed by atoms with Crippen LogP contribution in [0.25, 0.3) is 0 Å². The van der Waals surface area contributed by atoms with Crippen LogP contribution in [0.1, 0.15) is 25.7 Å². The summed E-state index contributed by atoms with van der Waals surface area (Å²) in [5.74, 6) is -3.93. The van der Waals surface area contributed by atoms with Gasteiger partial charge in [-0.25, -0.2) is 4.79 Å². The zero-order valence-corrected chi connectivity index (χ0v) is 18.2. The van der Waals surface area contributed by atoms with Gasteiger partial charge in [0.15, 0.2) is 11.9 Å². The molecule has 0 aromatic carbocycles. The summed E-state index contributed by atoms with van der Waals surface area (Å²) in [5.41, 5.74) is 26.1. The summed E-state index contributed by atoms with van der Waals surface area (Å²) >= 11 is 0.